The van der Waals surface area contributed by atoms with E-state index in [1.54, 1.807) is 0 Å². The maximum Gasteiger partial charge on any atom is 0.339 e. The van der Waals surface area contributed by atoms with Crippen molar-refractivity contribution in [1.82, 2.24) is 0 Å². The second kappa shape index (κ2) is 3.89. The Kier molecular flexibility index (Phi) is 2.84. The lowest BCUT2D eigenvalue weighted by Crippen LogP contribution is -2.21. The highest BCUT2D eigenvalue weighted by Gasteiger charge is 2.29. The second-order valence-electron chi connectivity index (χ2n) is 2.52. The molecule has 0 atom stereocenters. The molecule has 0 saturated heterocycles. The summed E-state index contributed by atoms with van der Waals surface area (Å²) in [6, 6.07) is 0. The van der Waals surface area contributed by atoms with Gasteiger partial charge in [0.15, 0.2) is 0 Å². The molecule has 0 aromatic carbocycles. The number of hydrogen-bond acceptors (Lipinski definition) is 4. The first kappa shape index (κ1) is 9.51. The largest absolute Gasteiger partial charge is 0.466 e. The van der Waals surface area contributed by atoms with E-state index in [0.29, 0.717) is 24.0 Å². The fraction of sp³-hybridized carbons (Fsp3) is 0.333. The van der Waals surface area contributed by atoms with Crippen molar-refractivity contribution in [3.8, 4) is 0 Å². The summed E-state index contributed by atoms with van der Waals surface area (Å²) in [5.74, 6) is -0.969. The highest BCUT2D eigenvalue weighted by atomic mass is 16.5. The Morgan fingerprint density at radius 2 is 1.85 bits per heavy atom. The summed E-state index contributed by atoms with van der Waals surface area (Å²) in [4.78, 5) is 22.1. The van der Waals surface area contributed by atoms with Crippen LogP contribution in [0, 0.1) is 0 Å². The van der Waals surface area contributed by atoms with E-state index in [2.05, 4.69) is 16.1 Å². The van der Waals surface area contributed by atoms with Crippen LogP contribution in [0.2, 0.25) is 0 Å². The van der Waals surface area contributed by atoms with Crippen molar-refractivity contribution in [3.63, 3.8) is 0 Å². The Hall–Kier alpha value is -1.58. The van der Waals surface area contributed by atoms with Gasteiger partial charge in [-0.05, 0) is 12.8 Å². The fourth-order valence-electron chi connectivity index (χ4n) is 1.10. The third-order valence-corrected chi connectivity index (χ3v) is 1.86. The molecule has 0 amide bonds. The molecule has 1 aliphatic carbocycles. The lowest BCUT2D eigenvalue weighted by molar-refractivity contribution is -0.139. The molecule has 0 heterocycles. The fourth-order valence-corrected chi connectivity index (χ4v) is 1.10. The third-order valence-electron chi connectivity index (χ3n) is 1.86. The second-order valence-corrected chi connectivity index (χ2v) is 2.52. The van der Waals surface area contributed by atoms with Crippen molar-refractivity contribution in [1.29, 1.82) is 0 Å². The Bertz CT molecular complexity index is 288. The summed E-state index contributed by atoms with van der Waals surface area (Å²) < 4.78 is 9.01. The summed E-state index contributed by atoms with van der Waals surface area (Å²) >= 11 is 0. The number of esters is 2. The molecule has 0 unspecified atom stereocenters. The first-order valence-electron chi connectivity index (χ1n) is 3.83. The average Bonchev–Trinajstić information content (AvgIpc) is 2.02. The minimum atomic E-state index is -0.512. The lowest BCUT2D eigenvalue weighted by Gasteiger charge is -2.19. The Labute approximate surface area is 75.8 Å². The molecule has 1 rings (SSSR count). The van der Waals surface area contributed by atoms with Crippen LogP contribution in [0.15, 0.2) is 24.0 Å². The molecular formula is C9H10O4. The van der Waals surface area contributed by atoms with E-state index < -0.39 is 11.9 Å². The number of methoxy groups -OCH3 is 1. The van der Waals surface area contributed by atoms with Crippen molar-refractivity contribution in [2.45, 2.75) is 12.8 Å². The Morgan fingerprint density at radius 3 is 2.23 bits per heavy atom. The highest BCUT2D eigenvalue weighted by molar-refractivity contribution is 6.03. The van der Waals surface area contributed by atoms with Crippen LogP contribution in [-0.4, -0.2) is 19.0 Å². The standard InChI is InChI=1S/C9H10O4/c1-3-13-9(11)7-5-4-6(7)8(10)12-2/h3H,1,4-5H2,2H3. The molecule has 0 bridgehead atoms. The molecule has 13 heavy (non-hydrogen) atoms. The summed E-state index contributed by atoms with van der Waals surface area (Å²) in [7, 11) is 1.28. The minimum absolute atomic E-state index is 0.395. The van der Waals surface area contributed by atoms with Gasteiger partial charge in [0.05, 0.1) is 13.4 Å². The van der Waals surface area contributed by atoms with E-state index in [4.69, 9.17) is 0 Å². The molecule has 70 valence electrons. The topological polar surface area (TPSA) is 52.6 Å². The zero-order chi connectivity index (χ0) is 9.84. The zero-order valence-corrected chi connectivity index (χ0v) is 7.33. The maximum atomic E-state index is 11.1. The summed E-state index contributed by atoms with van der Waals surface area (Å²) in [6.45, 7) is 3.25. The SMILES string of the molecule is C=COC(=O)C1=C(C(=O)OC)CC1. The molecule has 0 aliphatic heterocycles. The predicted octanol–water partition coefficient (Wildman–Crippen LogP) is 0.936. The van der Waals surface area contributed by atoms with Gasteiger partial charge in [0.25, 0.3) is 0 Å². The quantitative estimate of drug-likeness (QED) is 0.481. The van der Waals surface area contributed by atoms with Crippen molar-refractivity contribution < 1.29 is 19.1 Å². The highest BCUT2D eigenvalue weighted by Crippen LogP contribution is 2.29. The zero-order valence-electron chi connectivity index (χ0n) is 7.33. The number of rotatable bonds is 3. The predicted molar refractivity (Wildman–Crippen MR) is 44.6 cm³/mol. The number of hydrogen-bond donors (Lipinski definition) is 0. The van der Waals surface area contributed by atoms with E-state index >= 15 is 0 Å². The van der Waals surface area contributed by atoms with Crippen molar-refractivity contribution >= 4 is 11.9 Å². The van der Waals surface area contributed by atoms with Gasteiger partial charge in [0.1, 0.15) is 0 Å². The lowest BCUT2D eigenvalue weighted by atomic mass is 9.88. The third kappa shape index (κ3) is 1.77. The molecule has 0 spiro atoms. The number of ether oxygens (including phenoxy) is 2. The van der Waals surface area contributed by atoms with E-state index in [1.165, 1.54) is 7.11 Å². The van der Waals surface area contributed by atoms with Gasteiger partial charge in [-0.1, -0.05) is 6.58 Å². The van der Waals surface area contributed by atoms with Gasteiger partial charge in [0, 0.05) is 11.1 Å². The molecular weight excluding hydrogens is 172 g/mol. The summed E-state index contributed by atoms with van der Waals surface area (Å²) in [5, 5.41) is 0. The van der Waals surface area contributed by atoms with E-state index in [9.17, 15) is 9.59 Å². The van der Waals surface area contributed by atoms with Crippen molar-refractivity contribution in [3.05, 3.63) is 24.0 Å². The monoisotopic (exact) mass is 182 g/mol. The Balaban J connectivity index is 2.75. The molecule has 0 N–H and O–H groups in total. The van der Waals surface area contributed by atoms with Crippen LogP contribution in [0.4, 0.5) is 0 Å². The molecule has 4 nitrogen and oxygen atoms in total. The molecule has 0 aromatic rings. The molecule has 0 saturated carbocycles. The van der Waals surface area contributed by atoms with Crippen LogP contribution in [0.25, 0.3) is 0 Å². The van der Waals surface area contributed by atoms with Crippen LogP contribution in [0.5, 0.6) is 0 Å². The van der Waals surface area contributed by atoms with E-state index in [0.717, 1.165) is 6.26 Å². The van der Waals surface area contributed by atoms with Gasteiger partial charge < -0.3 is 9.47 Å². The first-order valence-corrected chi connectivity index (χ1v) is 3.83. The van der Waals surface area contributed by atoms with Crippen LogP contribution in [0.1, 0.15) is 12.8 Å². The van der Waals surface area contributed by atoms with Gasteiger partial charge in [-0.15, -0.1) is 0 Å². The van der Waals surface area contributed by atoms with E-state index in [1.807, 2.05) is 0 Å². The normalized spacial score (nSPS) is 14.5. The minimum Gasteiger partial charge on any atom is -0.466 e. The van der Waals surface area contributed by atoms with Crippen LogP contribution in [-0.2, 0) is 19.1 Å². The van der Waals surface area contributed by atoms with Gasteiger partial charge in [-0.2, -0.15) is 0 Å². The van der Waals surface area contributed by atoms with Crippen LogP contribution >= 0.6 is 0 Å². The van der Waals surface area contributed by atoms with Crippen LogP contribution < -0.4 is 0 Å². The summed E-state index contributed by atoms with van der Waals surface area (Å²) in [6.07, 6.45) is 2.19. The molecule has 4 heteroatoms. The van der Waals surface area contributed by atoms with Crippen LogP contribution in [0.3, 0.4) is 0 Å². The van der Waals surface area contributed by atoms with Crippen molar-refractivity contribution in [2.24, 2.45) is 0 Å². The maximum absolute atomic E-state index is 11.1. The molecule has 0 aromatic heterocycles. The Morgan fingerprint density at radius 1 is 1.31 bits per heavy atom. The molecule has 0 fully saturated rings. The van der Waals surface area contributed by atoms with Gasteiger partial charge in [-0.25, -0.2) is 9.59 Å². The molecule has 1 aliphatic rings. The van der Waals surface area contributed by atoms with E-state index in [-0.39, 0.29) is 0 Å². The smallest absolute Gasteiger partial charge is 0.339 e. The summed E-state index contributed by atoms with van der Waals surface area (Å²) in [5.41, 5.74) is 0.807. The van der Waals surface area contributed by atoms with Gasteiger partial charge in [-0.3, -0.25) is 0 Å². The first-order chi connectivity index (χ1) is 6.20. The van der Waals surface area contributed by atoms with Crippen molar-refractivity contribution in [2.75, 3.05) is 7.11 Å². The number of carbonyl (C=O) groups excluding carboxylic acids is 2. The molecule has 0 radical (unpaired) electrons. The van der Waals surface area contributed by atoms with Gasteiger partial charge >= 0.3 is 11.9 Å². The average molecular weight is 182 g/mol. The number of carbonyl (C=O) groups is 2. The van der Waals surface area contributed by atoms with Gasteiger partial charge in [0.2, 0.25) is 0 Å².